The van der Waals surface area contributed by atoms with Crippen molar-refractivity contribution in [3.05, 3.63) is 0 Å². The zero-order valence-corrected chi connectivity index (χ0v) is 9.24. The molecular formula is C9H21NO2S. The minimum Gasteiger partial charge on any atom is -0.396 e. The van der Waals surface area contributed by atoms with Crippen molar-refractivity contribution in [1.29, 1.82) is 0 Å². The van der Waals surface area contributed by atoms with Crippen LogP contribution in [-0.2, 0) is 10.8 Å². The van der Waals surface area contributed by atoms with Gasteiger partial charge in [0.05, 0.1) is 0 Å². The van der Waals surface area contributed by atoms with E-state index in [1.165, 1.54) is 6.42 Å². The Kier molecular flexibility index (Phi) is 10.2. The van der Waals surface area contributed by atoms with Crippen molar-refractivity contribution in [2.45, 2.75) is 25.7 Å². The normalized spacial score (nSPS) is 13.1. The third kappa shape index (κ3) is 12.1. The van der Waals surface area contributed by atoms with Gasteiger partial charge in [-0.15, -0.1) is 0 Å². The van der Waals surface area contributed by atoms with Crippen LogP contribution in [0.3, 0.4) is 0 Å². The Morgan fingerprint density at radius 1 is 1.15 bits per heavy atom. The number of rotatable bonds is 9. The fourth-order valence-corrected chi connectivity index (χ4v) is 1.49. The predicted octanol–water partition coefficient (Wildman–Crippen LogP) is 0.507. The van der Waals surface area contributed by atoms with Gasteiger partial charge in [-0.2, -0.15) is 0 Å². The largest absolute Gasteiger partial charge is 0.396 e. The van der Waals surface area contributed by atoms with Crippen LogP contribution >= 0.6 is 0 Å². The van der Waals surface area contributed by atoms with Crippen LogP contribution < -0.4 is 5.32 Å². The van der Waals surface area contributed by atoms with Gasteiger partial charge in [-0.05, 0) is 19.4 Å². The average molecular weight is 207 g/mol. The van der Waals surface area contributed by atoms with Gasteiger partial charge in [0.15, 0.2) is 0 Å². The number of hydrogen-bond acceptors (Lipinski definition) is 3. The summed E-state index contributed by atoms with van der Waals surface area (Å²) in [5, 5.41) is 11.8. The Hall–Kier alpha value is 0.0700. The summed E-state index contributed by atoms with van der Waals surface area (Å²) in [6.07, 6.45) is 6.07. The predicted molar refractivity (Wildman–Crippen MR) is 57.4 cm³/mol. The van der Waals surface area contributed by atoms with E-state index in [1.807, 2.05) is 0 Å². The van der Waals surface area contributed by atoms with Gasteiger partial charge in [0.25, 0.3) is 0 Å². The molecule has 1 unspecified atom stereocenters. The van der Waals surface area contributed by atoms with Crippen molar-refractivity contribution < 1.29 is 9.32 Å². The standard InChI is InChI=1S/C9H21NO2S/c1-13(12)9-7-10-6-4-2-3-5-8-11/h10-11H,2-9H2,1H3. The molecule has 0 fully saturated rings. The first kappa shape index (κ1) is 13.1. The molecule has 0 saturated carbocycles. The first-order chi connectivity index (χ1) is 6.27. The van der Waals surface area contributed by atoms with Crippen LogP contribution in [0.2, 0.25) is 0 Å². The topological polar surface area (TPSA) is 49.3 Å². The van der Waals surface area contributed by atoms with E-state index in [4.69, 9.17) is 5.11 Å². The smallest absolute Gasteiger partial charge is 0.0431 e. The molecule has 0 radical (unpaired) electrons. The van der Waals surface area contributed by atoms with Crippen molar-refractivity contribution in [3.8, 4) is 0 Å². The molecule has 0 aliphatic rings. The van der Waals surface area contributed by atoms with E-state index in [2.05, 4.69) is 5.32 Å². The van der Waals surface area contributed by atoms with E-state index in [-0.39, 0.29) is 0 Å². The summed E-state index contributed by atoms with van der Waals surface area (Å²) in [5.41, 5.74) is 0. The molecule has 0 aliphatic carbocycles. The van der Waals surface area contributed by atoms with Gasteiger partial charge in [-0.3, -0.25) is 4.21 Å². The quantitative estimate of drug-likeness (QED) is 0.542. The van der Waals surface area contributed by atoms with Crippen LogP contribution in [0.1, 0.15) is 25.7 Å². The highest BCUT2D eigenvalue weighted by Gasteiger charge is 1.91. The number of hydrogen-bond donors (Lipinski definition) is 2. The molecule has 0 amide bonds. The molecule has 3 nitrogen and oxygen atoms in total. The van der Waals surface area contributed by atoms with Crippen molar-refractivity contribution >= 4 is 10.8 Å². The number of aliphatic hydroxyl groups excluding tert-OH is 1. The third-order valence-corrected chi connectivity index (χ3v) is 2.61. The molecule has 0 spiro atoms. The lowest BCUT2D eigenvalue weighted by Crippen LogP contribution is -2.21. The zero-order chi connectivity index (χ0) is 9.94. The molecular weight excluding hydrogens is 186 g/mol. The van der Waals surface area contributed by atoms with Gasteiger partial charge in [-0.25, -0.2) is 0 Å². The second-order valence-electron chi connectivity index (χ2n) is 3.17. The summed E-state index contributed by atoms with van der Waals surface area (Å²) in [6, 6.07) is 0. The van der Waals surface area contributed by atoms with Gasteiger partial charge in [0.2, 0.25) is 0 Å². The van der Waals surface area contributed by atoms with Crippen LogP contribution in [0.5, 0.6) is 0 Å². The number of nitrogens with one attached hydrogen (secondary N) is 1. The molecule has 4 heteroatoms. The van der Waals surface area contributed by atoms with Gasteiger partial charge in [-0.1, -0.05) is 12.8 Å². The molecule has 0 saturated heterocycles. The SMILES string of the molecule is CS(=O)CCNCCCCCCO. The van der Waals surface area contributed by atoms with E-state index in [0.717, 1.165) is 38.1 Å². The summed E-state index contributed by atoms with van der Waals surface area (Å²) in [5.74, 6) is 0.747. The maximum Gasteiger partial charge on any atom is 0.0431 e. The maximum atomic E-state index is 10.7. The Labute approximate surface area is 83.4 Å². The van der Waals surface area contributed by atoms with Crippen molar-refractivity contribution in [2.75, 3.05) is 31.7 Å². The summed E-state index contributed by atoms with van der Waals surface area (Å²) in [6.45, 7) is 2.16. The molecule has 0 rings (SSSR count). The molecule has 0 bridgehead atoms. The van der Waals surface area contributed by atoms with Gasteiger partial charge >= 0.3 is 0 Å². The molecule has 0 aliphatic heterocycles. The highest BCUT2D eigenvalue weighted by atomic mass is 32.2. The monoisotopic (exact) mass is 207 g/mol. The lowest BCUT2D eigenvalue weighted by atomic mass is 10.2. The van der Waals surface area contributed by atoms with Gasteiger partial charge in [0.1, 0.15) is 0 Å². The molecule has 1 atom stereocenters. The van der Waals surface area contributed by atoms with Crippen LogP contribution in [0.15, 0.2) is 0 Å². The Morgan fingerprint density at radius 3 is 2.46 bits per heavy atom. The van der Waals surface area contributed by atoms with E-state index in [1.54, 1.807) is 6.26 Å². The summed E-state index contributed by atoms with van der Waals surface area (Å²) < 4.78 is 10.7. The third-order valence-electron chi connectivity index (χ3n) is 1.83. The molecule has 0 aromatic heterocycles. The van der Waals surface area contributed by atoms with E-state index in [0.29, 0.717) is 6.61 Å². The molecule has 0 heterocycles. The second kappa shape index (κ2) is 10.2. The van der Waals surface area contributed by atoms with Crippen molar-refractivity contribution in [3.63, 3.8) is 0 Å². The van der Waals surface area contributed by atoms with Gasteiger partial charge in [0, 0.05) is 36.0 Å². The highest BCUT2D eigenvalue weighted by molar-refractivity contribution is 7.84. The van der Waals surface area contributed by atoms with Crippen LogP contribution in [0.4, 0.5) is 0 Å². The Morgan fingerprint density at radius 2 is 1.85 bits per heavy atom. The van der Waals surface area contributed by atoms with Gasteiger partial charge < -0.3 is 10.4 Å². The summed E-state index contributed by atoms with van der Waals surface area (Å²) in [4.78, 5) is 0. The van der Waals surface area contributed by atoms with Crippen molar-refractivity contribution in [1.82, 2.24) is 5.32 Å². The second-order valence-corrected chi connectivity index (χ2v) is 4.72. The van der Waals surface area contributed by atoms with Crippen LogP contribution in [-0.4, -0.2) is 41.0 Å². The van der Waals surface area contributed by atoms with Crippen LogP contribution in [0, 0.1) is 0 Å². The molecule has 13 heavy (non-hydrogen) atoms. The Bertz CT molecular complexity index is 131. The first-order valence-electron chi connectivity index (χ1n) is 4.89. The van der Waals surface area contributed by atoms with Crippen LogP contribution in [0.25, 0.3) is 0 Å². The van der Waals surface area contributed by atoms with Crippen molar-refractivity contribution in [2.24, 2.45) is 0 Å². The molecule has 0 aromatic carbocycles. The minimum absolute atomic E-state index is 0.308. The maximum absolute atomic E-state index is 10.7. The summed E-state index contributed by atoms with van der Waals surface area (Å²) in [7, 11) is -0.671. The molecule has 2 N–H and O–H groups in total. The Balaban J connectivity index is 2.87. The fraction of sp³-hybridized carbons (Fsp3) is 1.00. The van der Waals surface area contributed by atoms with E-state index >= 15 is 0 Å². The van der Waals surface area contributed by atoms with E-state index < -0.39 is 10.8 Å². The zero-order valence-electron chi connectivity index (χ0n) is 8.42. The fourth-order valence-electron chi connectivity index (χ4n) is 1.06. The summed E-state index contributed by atoms with van der Waals surface area (Å²) >= 11 is 0. The number of unbranched alkanes of at least 4 members (excludes halogenated alkanes) is 3. The lowest BCUT2D eigenvalue weighted by Gasteiger charge is -2.02. The lowest BCUT2D eigenvalue weighted by molar-refractivity contribution is 0.282. The first-order valence-corrected chi connectivity index (χ1v) is 6.61. The molecule has 80 valence electrons. The average Bonchev–Trinajstić information content (AvgIpc) is 2.09. The number of aliphatic hydroxyl groups is 1. The minimum atomic E-state index is -0.671. The van der Waals surface area contributed by atoms with E-state index in [9.17, 15) is 4.21 Å². The highest BCUT2D eigenvalue weighted by Crippen LogP contribution is 1.97. The molecule has 0 aromatic rings.